The van der Waals surface area contributed by atoms with Gasteiger partial charge in [0.05, 0.1) is 0 Å². The highest BCUT2D eigenvalue weighted by Gasteiger charge is 2.23. The average molecular weight is 255 g/mol. The Morgan fingerprint density at radius 1 is 1.16 bits per heavy atom. The molecule has 3 rings (SSSR count). The van der Waals surface area contributed by atoms with Crippen LogP contribution >= 0.6 is 0 Å². The molecule has 0 aliphatic heterocycles. The van der Waals surface area contributed by atoms with Crippen LogP contribution in [0.4, 0.5) is 4.39 Å². The van der Waals surface area contributed by atoms with Crippen molar-refractivity contribution in [1.29, 1.82) is 0 Å². The van der Waals surface area contributed by atoms with Crippen LogP contribution in [0.3, 0.4) is 0 Å². The lowest BCUT2D eigenvalue weighted by Gasteiger charge is -2.13. The van der Waals surface area contributed by atoms with E-state index in [2.05, 4.69) is 23.5 Å². The van der Waals surface area contributed by atoms with E-state index in [-0.39, 0.29) is 5.82 Å². The van der Waals surface area contributed by atoms with Crippen molar-refractivity contribution in [2.45, 2.75) is 25.8 Å². The summed E-state index contributed by atoms with van der Waals surface area (Å²) in [5.41, 5.74) is 6.21. The van der Waals surface area contributed by atoms with Crippen molar-refractivity contribution in [1.82, 2.24) is 5.32 Å². The molecule has 0 heterocycles. The number of halogens is 1. The summed E-state index contributed by atoms with van der Waals surface area (Å²) >= 11 is 0. The number of hydrogen-bond acceptors (Lipinski definition) is 1. The lowest BCUT2D eigenvalue weighted by atomic mass is 9.93. The van der Waals surface area contributed by atoms with Gasteiger partial charge in [0.15, 0.2) is 0 Å². The summed E-state index contributed by atoms with van der Waals surface area (Å²) in [4.78, 5) is 0. The van der Waals surface area contributed by atoms with E-state index in [9.17, 15) is 4.39 Å². The fourth-order valence-corrected chi connectivity index (χ4v) is 3.14. The Hall–Kier alpha value is -1.67. The van der Waals surface area contributed by atoms with E-state index in [1.54, 1.807) is 12.1 Å². The summed E-state index contributed by atoms with van der Waals surface area (Å²) in [6, 6.07) is 12.0. The molecule has 0 bridgehead atoms. The van der Waals surface area contributed by atoms with E-state index < -0.39 is 0 Å². The molecular weight excluding hydrogens is 237 g/mol. The first-order valence-electron chi connectivity index (χ1n) is 6.76. The fraction of sp³-hybridized carbons (Fsp3) is 0.294. The van der Waals surface area contributed by atoms with Gasteiger partial charge < -0.3 is 5.32 Å². The summed E-state index contributed by atoms with van der Waals surface area (Å²) in [6.07, 6.45) is 2.23. The van der Waals surface area contributed by atoms with E-state index in [1.165, 1.54) is 16.7 Å². The SMILES string of the molecule is CNC1CCc2c(-c3ccc(F)cc3C)cccc21. The predicted octanol–water partition coefficient (Wildman–Crippen LogP) is 4.01. The summed E-state index contributed by atoms with van der Waals surface area (Å²) in [5, 5.41) is 3.36. The van der Waals surface area contributed by atoms with Gasteiger partial charge in [-0.05, 0) is 66.8 Å². The molecule has 0 amide bonds. The second kappa shape index (κ2) is 4.78. The second-order valence-electron chi connectivity index (χ2n) is 5.21. The van der Waals surface area contributed by atoms with Crippen LogP contribution in [0.5, 0.6) is 0 Å². The maximum Gasteiger partial charge on any atom is 0.123 e. The minimum Gasteiger partial charge on any atom is -0.313 e. The van der Waals surface area contributed by atoms with Gasteiger partial charge in [0.2, 0.25) is 0 Å². The van der Waals surface area contributed by atoms with E-state index in [0.717, 1.165) is 24.0 Å². The van der Waals surface area contributed by atoms with Gasteiger partial charge in [0.1, 0.15) is 5.82 Å². The number of nitrogens with one attached hydrogen (secondary N) is 1. The number of fused-ring (bicyclic) bond motifs is 1. The highest BCUT2D eigenvalue weighted by molar-refractivity contribution is 5.72. The van der Waals surface area contributed by atoms with Crippen LogP contribution in [-0.4, -0.2) is 7.05 Å². The molecule has 98 valence electrons. The van der Waals surface area contributed by atoms with Gasteiger partial charge in [-0.3, -0.25) is 0 Å². The van der Waals surface area contributed by atoms with Crippen molar-refractivity contribution in [3.05, 3.63) is 58.9 Å². The van der Waals surface area contributed by atoms with Gasteiger partial charge >= 0.3 is 0 Å². The molecule has 0 saturated carbocycles. The molecular formula is C17H18FN. The molecule has 0 aromatic heterocycles. The Kier molecular flexibility index (Phi) is 3.11. The van der Waals surface area contributed by atoms with E-state index in [4.69, 9.17) is 0 Å². The third-order valence-corrected chi connectivity index (χ3v) is 4.10. The summed E-state index contributed by atoms with van der Waals surface area (Å²) in [5.74, 6) is -0.165. The summed E-state index contributed by atoms with van der Waals surface area (Å²) in [7, 11) is 2.01. The van der Waals surface area contributed by atoms with Crippen LogP contribution in [0.25, 0.3) is 11.1 Å². The quantitative estimate of drug-likeness (QED) is 0.855. The van der Waals surface area contributed by atoms with Gasteiger partial charge in [-0.1, -0.05) is 24.3 Å². The standard InChI is InChI=1S/C17H18FN/c1-11-10-12(18)6-7-13(11)14-4-3-5-16-15(14)8-9-17(16)19-2/h3-7,10,17,19H,8-9H2,1-2H3. The minimum atomic E-state index is -0.165. The summed E-state index contributed by atoms with van der Waals surface area (Å²) in [6.45, 7) is 1.97. The Balaban J connectivity index is 2.14. The third kappa shape index (κ3) is 2.06. The fourth-order valence-electron chi connectivity index (χ4n) is 3.14. The number of hydrogen-bond donors (Lipinski definition) is 1. The zero-order valence-electron chi connectivity index (χ0n) is 11.3. The zero-order valence-corrected chi connectivity index (χ0v) is 11.3. The molecule has 1 nitrogen and oxygen atoms in total. The van der Waals surface area contributed by atoms with Crippen molar-refractivity contribution < 1.29 is 4.39 Å². The maximum atomic E-state index is 13.2. The van der Waals surface area contributed by atoms with Crippen LogP contribution in [0.2, 0.25) is 0 Å². The normalized spacial score (nSPS) is 17.5. The van der Waals surface area contributed by atoms with Gasteiger partial charge in [-0.15, -0.1) is 0 Å². The van der Waals surface area contributed by atoms with Crippen molar-refractivity contribution >= 4 is 0 Å². The van der Waals surface area contributed by atoms with Gasteiger partial charge in [0.25, 0.3) is 0 Å². The third-order valence-electron chi connectivity index (χ3n) is 4.10. The second-order valence-corrected chi connectivity index (χ2v) is 5.21. The first kappa shape index (κ1) is 12.4. The minimum absolute atomic E-state index is 0.165. The van der Waals surface area contributed by atoms with E-state index >= 15 is 0 Å². The van der Waals surface area contributed by atoms with Crippen LogP contribution in [0.1, 0.15) is 29.2 Å². The lowest BCUT2D eigenvalue weighted by molar-refractivity contribution is 0.590. The molecule has 1 N–H and O–H groups in total. The Morgan fingerprint density at radius 3 is 2.74 bits per heavy atom. The van der Waals surface area contributed by atoms with E-state index in [1.807, 2.05) is 20.0 Å². The highest BCUT2D eigenvalue weighted by Crippen LogP contribution is 2.38. The smallest absolute Gasteiger partial charge is 0.123 e. The molecule has 0 fully saturated rings. The first-order valence-corrected chi connectivity index (χ1v) is 6.76. The molecule has 1 aliphatic carbocycles. The molecule has 0 saturated heterocycles. The monoisotopic (exact) mass is 255 g/mol. The molecule has 1 unspecified atom stereocenters. The largest absolute Gasteiger partial charge is 0.313 e. The average Bonchev–Trinajstić information content (AvgIpc) is 2.82. The maximum absolute atomic E-state index is 13.2. The topological polar surface area (TPSA) is 12.0 Å². The molecule has 1 aliphatic rings. The Bertz CT molecular complexity index is 619. The molecule has 2 aromatic rings. The number of benzene rings is 2. The molecule has 19 heavy (non-hydrogen) atoms. The molecule has 2 heteroatoms. The zero-order chi connectivity index (χ0) is 13.4. The van der Waals surface area contributed by atoms with Crippen LogP contribution < -0.4 is 5.32 Å². The van der Waals surface area contributed by atoms with Crippen LogP contribution in [0, 0.1) is 12.7 Å². The highest BCUT2D eigenvalue weighted by atomic mass is 19.1. The first-order chi connectivity index (χ1) is 9.20. The molecule has 0 radical (unpaired) electrons. The van der Waals surface area contributed by atoms with Crippen LogP contribution in [-0.2, 0) is 6.42 Å². The van der Waals surface area contributed by atoms with Crippen molar-refractivity contribution in [3.63, 3.8) is 0 Å². The number of aryl methyl sites for hydroxylation is 1. The molecule has 0 spiro atoms. The lowest BCUT2D eigenvalue weighted by Crippen LogP contribution is -2.12. The van der Waals surface area contributed by atoms with Crippen molar-refractivity contribution in [2.75, 3.05) is 7.05 Å². The van der Waals surface area contributed by atoms with Crippen molar-refractivity contribution in [3.8, 4) is 11.1 Å². The summed E-state index contributed by atoms with van der Waals surface area (Å²) < 4.78 is 13.2. The Morgan fingerprint density at radius 2 is 2.00 bits per heavy atom. The Labute approximate surface area is 113 Å². The predicted molar refractivity (Wildman–Crippen MR) is 76.7 cm³/mol. The van der Waals surface area contributed by atoms with Crippen LogP contribution in [0.15, 0.2) is 36.4 Å². The number of rotatable bonds is 2. The molecule has 2 aromatic carbocycles. The van der Waals surface area contributed by atoms with Gasteiger partial charge in [-0.2, -0.15) is 0 Å². The van der Waals surface area contributed by atoms with Gasteiger partial charge in [0, 0.05) is 6.04 Å². The van der Waals surface area contributed by atoms with E-state index in [0.29, 0.717) is 6.04 Å². The molecule has 1 atom stereocenters. The van der Waals surface area contributed by atoms with Crippen molar-refractivity contribution in [2.24, 2.45) is 0 Å². The van der Waals surface area contributed by atoms with Gasteiger partial charge in [-0.25, -0.2) is 4.39 Å².